The lowest BCUT2D eigenvalue weighted by molar-refractivity contribution is 0.0596. The molecule has 0 bridgehead atoms. The van der Waals surface area contributed by atoms with Crippen molar-refractivity contribution in [2.24, 2.45) is 23.2 Å². The zero-order valence-corrected chi connectivity index (χ0v) is 19.6. The molecule has 170 valence electrons. The molecule has 3 fully saturated rings. The molecule has 0 heterocycles. The largest absolute Gasteiger partial charge is 0.390 e. The molecule has 0 radical (unpaired) electrons. The fraction of sp³-hybridized carbons (Fsp3) is 0.778. The lowest BCUT2D eigenvalue weighted by Gasteiger charge is -2.44. The van der Waals surface area contributed by atoms with Crippen LogP contribution >= 0.6 is 0 Å². The molecule has 2 N–H and O–H groups in total. The van der Waals surface area contributed by atoms with E-state index < -0.39 is 17.9 Å². The molecule has 3 aliphatic rings. The van der Waals surface area contributed by atoms with Crippen molar-refractivity contribution >= 4 is 0 Å². The van der Waals surface area contributed by atoms with Crippen LogP contribution in [0.2, 0.25) is 0 Å². The first-order valence-electron chi connectivity index (χ1n) is 12.1. The number of aliphatic hydroxyl groups excluding tert-OH is 1. The third-order valence-electron chi connectivity index (χ3n) is 8.41. The maximum absolute atomic E-state index is 13.7. The first-order valence-corrected chi connectivity index (χ1v) is 12.1. The molecular formula is C27H43FO2. The van der Waals surface area contributed by atoms with Crippen LogP contribution in [0.25, 0.3) is 0 Å². The average Bonchev–Trinajstić information content (AvgIpc) is 3.00. The van der Waals surface area contributed by atoms with Gasteiger partial charge in [-0.1, -0.05) is 51.0 Å². The molecule has 6 atom stereocenters. The van der Waals surface area contributed by atoms with Crippen molar-refractivity contribution in [2.75, 3.05) is 0 Å². The van der Waals surface area contributed by atoms with E-state index in [9.17, 15) is 14.6 Å². The van der Waals surface area contributed by atoms with Crippen LogP contribution in [-0.2, 0) is 0 Å². The van der Waals surface area contributed by atoms with Crippen LogP contribution in [0.5, 0.6) is 0 Å². The van der Waals surface area contributed by atoms with Crippen molar-refractivity contribution in [3.63, 3.8) is 0 Å². The summed E-state index contributed by atoms with van der Waals surface area (Å²) < 4.78 is 13.7. The van der Waals surface area contributed by atoms with Gasteiger partial charge in [-0.25, -0.2) is 4.39 Å². The summed E-state index contributed by atoms with van der Waals surface area (Å²) in [6, 6.07) is 0. The van der Waals surface area contributed by atoms with Crippen molar-refractivity contribution in [2.45, 2.75) is 110 Å². The van der Waals surface area contributed by atoms with Gasteiger partial charge in [0.1, 0.15) is 6.17 Å². The van der Waals surface area contributed by atoms with E-state index in [1.807, 2.05) is 13.8 Å². The molecule has 2 unspecified atom stereocenters. The molecule has 0 aromatic rings. The van der Waals surface area contributed by atoms with E-state index in [2.05, 4.69) is 32.6 Å². The van der Waals surface area contributed by atoms with Crippen molar-refractivity contribution < 1.29 is 14.6 Å². The Labute approximate surface area is 183 Å². The van der Waals surface area contributed by atoms with Crippen molar-refractivity contribution in [1.29, 1.82) is 0 Å². The number of alkyl halides is 1. The molecule has 0 aliphatic heterocycles. The summed E-state index contributed by atoms with van der Waals surface area (Å²) in [7, 11) is 0. The van der Waals surface area contributed by atoms with E-state index in [0.717, 1.165) is 36.3 Å². The normalized spacial score (nSPS) is 38.8. The molecule has 3 saturated carbocycles. The Bertz CT molecular complexity index is 685. The van der Waals surface area contributed by atoms with E-state index in [1.54, 1.807) is 5.57 Å². The molecule has 2 nitrogen and oxygen atoms in total. The van der Waals surface area contributed by atoms with Gasteiger partial charge in [-0.3, -0.25) is 0 Å². The average molecular weight is 419 g/mol. The number of aliphatic hydroxyl groups is 2. The highest BCUT2D eigenvalue weighted by molar-refractivity contribution is 5.37. The van der Waals surface area contributed by atoms with Crippen LogP contribution in [0.15, 0.2) is 35.5 Å². The van der Waals surface area contributed by atoms with Gasteiger partial charge in [0.05, 0.1) is 11.7 Å². The van der Waals surface area contributed by atoms with E-state index in [-0.39, 0.29) is 6.42 Å². The number of hydrogen-bond acceptors (Lipinski definition) is 2. The second-order valence-corrected chi connectivity index (χ2v) is 11.3. The highest BCUT2D eigenvalue weighted by Crippen LogP contribution is 2.60. The summed E-state index contributed by atoms with van der Waals surface area (Å²) in [4.78, 5) is 0. The number of hydrogen-bond donors (Lipinski definition) is 2. The van der Waals surface area contributed by atoms with Crippen LogP contribution in [0.4, 0.5) is 4.39 Å². The molecule has 0 saturated heterocycles. The summed E-state index contributed by atoms with van der Waals surface area (Å²) in [5.74, 6) is 2.08. The lowest BCUT2D eigenvalue weighted by Crippen LogP contribution is -2.36. The van der Waals surface area contributed by atoms with Crippen LogP contribution < -0.4 is 0 Å². The Morgan fingerprint density at radius 1 is 1.27 bits per heavy atom. The van der Waals surface area contributed by atoms with E-state index in [1.165, 1.54) is 32.1 Å². The zero-order chi connectivity index (χ0) is 22.1. The van der Waals surface area contributed by atoms with Crippen molar-refractivity contribution in [1.82, 2.24) is 0 Å². The second-order valence-electron chi connectivity index (χ2n) is 11.3. The van der Waals surface area contributed by atoms with Gasteiger partial charge in [0, 0.05) is 12.8 Å². The minimum Gasteiger partial charge on any atom is -0.390 e. The first kappa shape index (κ1) is 23.7. The van der Waals surface area contributed by atoms with Crippen LogP contribution in [0, 0.1) is 23.2 Å². The van der Waals surface area contributed by atoms with Gasteiger partial charge in [0.25, 0.3) is 0 Å². The maximum Gasteiger partial charge on any atom is 0.130 e. The fourth-order valence-electron chi connectivity index (χ4n) is 6.67. The van der Waals surface area contributed by atoms with Crippen molar-refractivity contribution in [3.05, 3.63) is 35.5 Å². The molecule has 3 aliphatic carbocycles. The highest BCUT2D eigenvalue weighted by atomic mass is 19.1. The Hall–Kier alpha value is -0.930. The molecule has 3 rings (SSSR count). The van der Waals surface area contributed by atoms with Gasteiger partial charge in [-0.15, -0.1) is 0 Å². The second kappa shape index (κ2) is 9.28. The zero-order valence-electron chi connectivity index (χ0n) is 19.6. The van der Waals surface area contributed by atoms with E-state index >= 15 is 0 Å². The van der Waals surface area contributed by atoms with Crippen molar-refractivity contribution in [3.8, 4) is 0 Å². The predicted molar refractivity (Wildman–Crippen MR) is 123 cm³/mol. The van der Waals surface area contributed by atoms with Crippen LogP contribution in [-0.4, -0.2) is 28.1 Å². The molecule has 0 aromatic heterocycles. The topological polar surface area (TPSA) is 40.5 Å². The predicted octanol–water partition coefficient (Wildman–Crippen LogP) is 6.68. The van der Waals surface area contributed by atoms with Gasteiger partial charge in [0.2, 0.25) is 0 Å². The van der Waals surface area contributed by atoms with E-state index in [0.29, 0.717) is 23.7 Å². The van der Waals surface area contributed by atoms with Gasteiger partial charge >= 0.3 is 0 Å². The minimum absolute atomic E-state index is 0.252. The molecular weight excluding hydrogens is 375 g/mol. The third kappa shape index (κ3) is 5.27. The summed E-state index contributed by atoms with van der Waals surface area (Å²) in [6.07, 6.45) is 12.4. The highest BCUT2D eigenvalue weighted by Gasteiger charge is 2.50. The number of rotatable bonds is 6. The molecule has 0 aromatic carbocycles. The Kier molecular flexibility index (Phi) is 7.34. The number of halogens is 1. The summed E-state index contributed by atoms with van der Waals surface area (Å²) in [6.45, 7) is 12.8. The smallest absolute Gasteiger partial charge is 0.130 e. The van der Waals surface area contributed by atoms with Gasteiger partial charge in [0.15, 0.2) is 0 Å². The number of fused-ring (bicyclic) bond motifs is 1. The van der Waals surface area contributed by atoms with Gasteiger partial charge in [-0.05, 0) is 86.7 Å². The van der Waals surface area contributed by atoms with Gasteiger partial charge < -0.3 is 10.2 Å². The van der Waals surface area contributed by atoms with Crippen LogP contribution in [0.3, 0.4) is 0 Å². The summed E-state index contributed by atoms with van der Waals surface area (Å²) in [5, 5.41) is 19.9. The Morgan fingerprint density at radius 3 is 2.70 bits per heavy atom. The van der Waals surface area contributed by atoms with E-state index in [4.69, 9.17) is 0 Å². The van der Waals surface area contributed by atoms with Gasteiger partial charge in [-0.2, -0.15) is 0 Å². The fourth-order valence-corrected chi connectivity index (χ4v) is 6.67. The third-order valence-corrected chi connectivity index (χ3v) is 8.41. The quantitative estimate of drug-likeness (QED) is 0.505. The maximum atomic E-state index is 13.7. The monoisotopic (exact) mass is 418 g/mol. The summed E-state index contributed by atoms with van der Waals surface area (Å²) >= 11 is 0. The molecule has 30 heavy (non-hydrogen) atoms. The van der Waals surface area contributed by atoms with Crippen LogP contribution in [0.1, 0.15) is 91.9 Å². The summed E-state index contributed by atoms with van der Waals surface area (Å²) in [5.41, 5.74) is 3.21. The first-order chi connectivity index (χ1) is 14.0. The standard InChI is InChI=1S/C27H43FO2/c1-18(8-6-14-26(3,4)30)22-12-13-23-20(9-7-15-27(22,23)5)10-11-21-17-25(29)24(28)16-19(21)2/h10-11,18,22-25,29-30H,2,6-9,12-17H2,1,3-5H3/b20-10?,21-11-/t18-,22-,23?,24?,25-,27-/m1/s1. The number of allylic oxidation sites excluding steroid dienone is 4. The Balaban J connectivity index is 1.69. The SMILES string of the molecule is C=C1CC(F)[C@H](O)C/C1=C/C=C1CCC[C@@]2(C)C1CC[C@@H]2[C@H](C)CCCC(C)(C)O. The Morgan fingerprint density at radius 2 is 2.00 bits per heavy atom. The molecule has 3 heteroatoms. The molecule has 0 amide bonds. The lowest BCUT2D eigenvalue weighted by atomic mass is 9.60. The minimum atomic E-state index is -1.17. The molecule has 0 spiro atoms.